The lowest BCUT2D eigenvalue weighted by Crippen LogP contribution is -2.45. The third-order valence-corrected chi connectivity index (χ3v) is 5.42. The molecule has 0 unspecified atom stereocenters. The molecule has 1 atom stereocenters. The van der Waals surface area contributed by atoms with Crippen molar-refractivity contribution in [3.8, 4) is 11.5 Å². The zero-order valence-electron chi connectivity index (χ0n) is 13.3. The van der Waals surface area contributed by atoms with Gasteiger partial charge in [-0.25, -0.2) is 0 Å². The van der Waals surface area contributed by atoms with Gasteiger partial charge in [-0.2, -0.15) is 0 Å². The van der Waals surface area contributed by atoms with Gasteiger partial charge in [0.15, 0.2) is 11.5 Å². The predicted octanol–water partition coefficient (Wildman–Crippen LogP) is 2.52. The first-order valence-electron chi connectivity index (χ1n) is 8.57. The minimum atomic E-state index is -0.150. The maximum absolute atomic E-state index is 11.7. The summed E-state index contributed by atoms with van der Waals surface area (Å²) < 4.78 is 16.0. The van der Waals surface area contributed by atoms with Crippen molar-refractivity contribution in [2.75, 3.05) is 19.9 Å². The van der Waals surface area contributed by atoms with E-state index < -0.39 is 0 Å². The zero-order chi connectivity index (χ0) is 15.7. The number of fused-ring (bicyclic) bond motifs is 1. The summed E-state index contributed by atoms with van der Waals surface area (Å²) in [5.41, 5.74) is 1.36. The molecule has 1 saturated carbocycles. The molecule has 5 nitrogen and oxygen atoms in total. The van der Waals surface area contributed by atoms with Gasteiger partial charge in [0.1, 0.15) is 6.04 Å². The molecule has 2 fully saturated rings. The van der Waals surface area contributed by atoms with Crippen molar-refractivity contribution < 1.29 is 19.0 Å². The van der Waals surface area contributed by atoms with Gasteiger partial charge in [0, 0.05) is 18.4 Å². The van der Waals surface area contributed by atoms with Crippen LogP contribution in [0.2, 0.25) is 0 Å². The van der Waals surface area contributed by atoms with Crippen LogP contribution in [0, 0.1) is 0 Å². The van der Waals surface area contributed by atoms with Crippen molar-refractivity contribution in [2.24, 2.45) is 0 Å². The fraction of sp³-hybridized carbons (Fsp3) is 0.611. The normalized spacial score (nSPS) is 25.4. The third-order valence-electron chi connectivity index (χ3n) is 5.42. The summed E-state index contributed by atoms with van der Waals surface area (Å²) in [4.78, 5) is 11.7. The van der Waals surface area contributed by atoms with Gasteiger partial charge in [0.25, 0.3) is 0 Å². The highest BCUT2D eigenvalue weighted by atomic mass is 16.7. The Labute approximate surface area is 136 Å². The number of benzene rings is 1. The summed E-state index contributed by atoms with van der Waals surface area (Å²) in [5, 5.41) is 3.46. The summed E-state index contributed by atoms with van der Waals surface area (Å²) >= 11 is 0. The quantitative estimate of drug-likeness (QED) is 0.865. The van der Waals surface area contributed by atoms with Crippen LogP contribution in [0.3, 0.4) is 0 Å². The topological polar surface area (TPSA) is 56.8 Å². The Kier molecular flexibility index (Phi) is 3.89. The van der Waals surface area contributed by atoms with Gasteiger partial charge in [-0.05, 0) is 30.5 Å². The minimum absolute atomic E-state index is 0.0715. The molecule has 2 aliphatic heterocycles. The van der Waals surface area contributed by atoms with Crippen molar-refractivity contribution in [3.63, 3.8) is 0 Å². The molecule has 1 aliphatic carbocycles. The second kappa shape index (κ2) is 6.04. The van der Waals surface area contributed by atoms with Crippen LogP contribution < -0.4 is 14.8 Å². The highest BCUT2D eigenvalue weighted by Crippen LogP contribution is 2.43. The molecule has 23 heavy (non-hydrogen) atoms. The van der Waals surface area contributed by atoms with Gasteiger partial charge in [-0.15, -0.1) is 0 Å². The molecule has 1 aromatic rings. The monoisotopic (exact) mass is 317 g/mol. The van der Waals surface area contributed by atoms with E-state index in [2.05, 4.69) is 17.4 Å². The molecule has 0 radical (unpaired) electrons. The van der Waals surface area contributed by atoms with Gasteiger partial charge >= 0.3 is 5.97 Å². The van der Waals surface area contributed by atoms with E-state index >= 15 is 0 Å². The fourth-order valence-electron chi connectivity index (χ4n) is 4.02. The van der Waals surface area contributed by atoms with Crippen LogP contribution in [-0.2, 0) is 14.9 Å². The molecule has 4 rings (SSSR count). The molecular formula is C18H23NO4. The van der Waals surface area contributed by atoms with Crippen molar-refractivity contribution in [2.45, 2.75) is 50.0 Å². The van der Waals surface area contributed by atoms with Crippen molar-refractivity contribution >= 4 is 5.97 Å². The first-order valence-corrected chi connectivity index (χ1v) is 8.57. The van der Waals surface area contributed by atoms with Crippen LogP contribution in [0.25, 0.3) is 0 Å². The van der Waals surface area contributed by atoms with E-state index in [0.717, 1.165) is 37.3 Å². The number of carbonyl (C=O) groups is 1. The summed E-state index contributed by atoms with van der Waals surface area (Å²) in [6.45, 7) is 1.65. The summed E-state index contributed by atoms with van der Waals surface area (Å²) in [6, 6.07) is 6.15. The maximum Gasteiger partial charge on any atom is 0.323 e. The molecule has 3 aliphatic rings. The number of esters is 1. The average molecular weight is 317 g/mol. The van der Waals surface area contributed by atoms with Crippen LogP contribution in [0.15, 0.2) is 18.2 Å². The van der Waals surface area contributed by atoms with E-state index in [1.165, 1.54) is 24.8 Å². The molecule has 0 bridgehead atoms. The second-order valence-corrected chi connectivity index (χ2v) is 6.80. The first kappa shape index (κ1) is 14.8. The standard InChI is InChI=1S/C18H23NO4/c20-17-14(6-9-21-17)19-11-18(7-2-1-3-8-18)13-4-5-15-16(10-13)23-12-22-15/h4-5,10,14,19H,1-3,6-9,11-12H2/t14-/m0/s1. The summed E-state index contributed by atoms with van der Waals surface area (Å²) in [7, 11) is 0. The van der Waals surface area contributed by atoms with E-state index in [4.69, 9.17) is 14.2 Å². The summed E-state index contributed by atoms with van der Waals surface area (Å²) in [6.07, 6.45) is 6.80. The van der Waals surface area contributed by atoms with E-state index in [9.17, 15) is 4.79 Å². The number of nitrogens with one attached hydrogen (secondary N) is 1. The van der Waals surface area contributed by atoms with Crippen molar-refractivity contribution in [1.29, 1.82) is 0 Å². The minimum Gasteiger partial charge on any atom is -0.464 e. The maximum atomic E-state index is 11.7. The molecule has 5 heteroatoms. The Bertz CT molecular complexity index is 595. The lowest BCUT2D eigenvalue weighted by Gasteiger charge is -2.38. The van der Waals surface area contributed by atoms with Crippen LogP contribution in [0.1, 0.15) is 44.1 Å². The van der Waals surface area contributed by atoms with Crippen LogP contribution in [0.4, 0.5) is 0 Å². The third kappa shape index (κ3) is 2.78. The first-order chi connectivity index (χ1) is 11.3. The Morgan fingerprint density at radius 1 is 1.09 bits per heavy atom. The number of cyclic esters (lactones) is 1. The second-order valence-electron chi connectivity index (χ2n) is 6.80. The fourth-order valence-corrected chi connectivity index (χ4v) is 4.02. The summed E-state index contributed by atoms with van der Waals surface area (Å²) in [5.74, 6) is 1.56. The number of rotatable bonds is 4. The van der Waals surface area contributed by atoms with Gasteiger partial charge in [0.2, 0.25) is 6.79 Å². The van der Waals surface area contributed by atoms with E-state index in [1.807, 2.05) is 6.07 Å². The average Bonchev–Trinajstić information content (AvgIpc) is 3.21. The molecule has 1 N–H and O–H groups in total. The van der Waals surface area contributed by atoms with Gasteiger partial charge in [-0.3, -0.25) is 4.79 Å². The van der Waals surface area contributed by atoms with Crippen molar-refractivity contribution in [1.82, 2.24) is 5.32 Å². The number of hydrogen-bond donors (Lipinski definition) is 1. The highest BCUT2D eigenvalue weighted by Gasteiger charge is 2.37. The lowest BCUT2D eigenvalue weighted by atomic mass is 9.69. The van der Waals surface area contributed by atoms with E-state index in [1.54, 1.807) is 0 Å². The SMILES string of the molecule is O=C1OCC[C@@H]1NCC1(c2ccc3c(c2)OCO3)CCCCC1. The number of ether oxygens (including phenoxy) is 3. The number of carbonyl (C=O) groups excluding carboxylic acids is 1. The van der Waals surface area contributed by atoms with Crippen LogP contribution in [-0.4, -0.2) is 32.0 Å². The lowest BCUT2D eigenvalue weighted by molar-refractivity contribution is -0.139. The van der Waals surface area contributed by atoms with E-state index in [-0.39, 0.29) is 17.4 Å². The van der Waals surface area contributed by atoms with Crippen LogP contribution in [0.5, 0.6) is 11.5 Å². The molecule has 124 valence electrons. The van der Waals surface area contributed by atoms with E-state index in [0.29, 0.717) is 13.4 Å². The van der Waals surface area contributed by atoms with Gasteiger partial charge in [0.05, 0.1) is 6.61 Å². The Balaban J connectivity index is 1.57. The Hall–Kier alpha value is -1.75. The van der Waals surface area contributed by atoms with Crippen LogP contribution >= 0.6 is 0 Å². The largest absolute Gasteiger partial charge is 0.464 e. The molecule has 0 aromatic heterocycles. The Morgan fingerprint density at radius 3 is 2.70 bits per heavy atom. The molecule has 2 heterocycles. The molecule has 1 saturated heterocycles. The molecular weight excluding hydrogens is 294 g/mol. The Morgan fingerprint density at radius 2 is 1.91 bits per heavy atom. The number of hydrogen-bond acceptors (Lipinski definition) is 5. The zero-order valence-corrected chi connectivity index (χ0v) is 13.3. The van der Waals surface area contributed by atoms with Gasteiger partial charge in [-0.1, -0.05) is 25.3 Å². The predicted molar refractivity (Wildman–Crippen MR) is 84.7 cm³/mol. The smallest absolute Gasteiger partial charge is 0.323 e. The highest BCUT2D eigenvalue weighted by molar-refractivity contribution is 5.77. The van der Waals surface area contributed by atoms with Gasteiger partial charge < -0.3 is 19.5 Å². The molecule has 1 aromatic carbocycles. The molecule has 0 amide bonds. The molecule has 0 spiro atoms. The van der Waals surface area contributed by atoms with Crippen molar-refractivity contribution in [3.05, 3.63) is 23.8 Å².